The third kappa shape index (κ3) is 3.27. The molecule has 2 heterocycles. The van der Waals surface area contributed by atoms with Gasteiger partial charge >= 0.3 is 0 Å². The van der Waals surface area contributed by atoms with Crippen molar-refractivity contribution in [2.24, 2.45) is 0 Å². The summed E-state index contributed by atoms with van der Waals surface area (Å²) in [6, 6.07) is 11.6. The summed E-state index contributed by atoms with van der Waals surface area (Å²) in [5.74, 6) is -0.677. The van der Waals surface area contributed by atoms with E-state index in [0.29, 0.717) is 5.69 Å². The number of amides is 1. The molecule has 0 saturated carbocycles. The minimum atomic E-state index is -0.908. The van der Waals surface area contributed by atoms with Crippen LogP contribution in [0.5, 0.6) is 0 Å². The number of aliphatic hydroxyl groups excluding tert-OH is 1. The molecule has 0 unspecified atom stereocenters. The number of aromatic amines is 1. The number of carbonyl (C=O) groups excluding carboxylic acids is 1. The van der Waals surface area contributed by atoms with Gasteiger partial charge in [-0.05, 0) is 30.3 Å². The summed E-state index contributed by atoms with van der Waals surface area (Å²) in [4.78, 5) is 16.5. The van der Waals surface area contributed by atoms with Gasteiger partial charge in [-0.2, -0.15) is 10.1 Å². The Labute approximate surface area is 152 Å². The number of benzene rings is 2. The van der Waals surface area contributed by atoms with Crippen molar-refractivity contribution in [3.05, 3.63) is 65.8 Å². The maximum atomic E-state index is 13.0. The standard InChI is InChI=1S/C18H14FN5O3/c19-11-7-5-10(6-8-11)17(26)20-14(9-25)18-21-16(24-27-18)15-12-3-1-2-4-13(12)22-23-15/h1-8,14,25H,9H2,(H,20,26)(H,22,23)/t14-/m0/s1. The molecule has 1 amide bonds. The minimum Gasteiger partial charge on any atom is -0.394 e. The van der Waals surface area contributed by atoms with E-state index in [2.05, 4.69) is 25.7 Å². The molecular weight excluding hydrogens is 353 g/mol. The molecule has 136 valence electrons. The molecule has 0 saturated heterocycles. The van der Waals surface area contributed by atoms with Crippen molar-refractivity contribution in [1.29, 1.82) is 0 Å². The van der Waals surface area contributed by atoms with Crippen LogP contribution in [0.3, 0.4) is 0 Å². The minimum absolute atomic E-state index is 0.0371. The van der Waals surface area contributed by atoms with E-state index in [1.807, 2.05) is 24.3 Å². The molecule has 0 aliphatic rings. The van der Waals surface area contributed by atoms with Crippen LogP contribution >= 0.6 is 0 Å². The fourth-order valence-electron chi connectivity index (χ4n) is 2.64. The van der Waals surface area contributed by atoms with Gasteiger partial charge in [0.05, 0.1) is 12.1 Å². The van der Waals surface area contributed by atoms with Crippen LogP contribution < -0.4 is 5.32 Å². The fraction of sp³-hybridized carbons (Fsp3) is 0.111. The number of aliphatic hydroxyl groups is 1. The van der Waals surface area contributed by atoms with E-state index in [0.717, 1.165) is 10.9 Å². The molecule has 4 aromatic rings. The number of para-hydroxylation sites is 1. The quantitative estimate of drug-likeness (QED) is 0.498. The molecule has 3 N–H and O–H groups in total. The van der Waals surface area contributed by atoms with E-state index >= 15 is 0 Å². The van der Waals surface area contributed by atoms with Crippen LogP contribution in [0.25, 0.3) is 22.4 Å². The second-order valence-corrected chi connectivity index (χ2v) is 5.79. The van der Waals surface area contributed by atoms with Crippen LogP contribution in [0.2, 0.25) is 0 Å². The molecule has 0 aliphatic carbocycles. The van der Waals surface area contributed by atoms with Crippen LogP contribution in [0.4, 0.5) is 4.39 Å². The number of hydrogen-bond donors (Lipinski definition) is 3. The number of nitrogens with zero attached hydrogens (tertiary/aromatic N) is 3. The first-order valence-electron chi connectivity index (χ1n) is 8.10. The van der Waals surface area contributed by atoms with Gasteiger partial charge in [-0.25, -0.2) is 4.39 Å². The second-order valence-electron chi connectivity index (χ2n) is 5.79. The third-order valence-corrected chi connectivity index (χ3v) is 4.02. The lowest BCUT2D eigenvalue weighted by molar-refractivity contribution is 0.0901. The highest BCUT2D eigenvalue weighted by Gasteiger charge is 2.23. The van der Waals surface area contributed by atoms with Crippen molar-refractivity contribution >= 4 is 16.8 Å². The highest BCUT2D eigenvalue weighted by molar-refractivity contribution is 5.94. The number of hydrogen-bond acceptors (Lipinski definition) is 6. The van der Waals surface area contributed by atoms with Crippen LogP contribution in [-0.4, -0.2) is 38.0 Å². The summed E-state index contributed by atoms with van der Waals surface area (Å²) in [6.07, 6.45) is 0. The summed E-state index contributed by atoms with van der Waals surface area (Å²) in [6.45, 7) is -0.449. The predicted octanol–water partition coefficient (Wildman–Crippen LogP) is 2.22. The van der Waals surface area contributed by atoms with E-state index in [9.17, 15) is 14.3 Å². The Hall–Kier alpha value is -3.59. The van der Waals surface area contributed by atoms with Gasteiger partial charge in [0, 0.05) is 10.9 Å². The Balaban J connectivity index is 1.57. The third-order valence-electron chi connectivity index (χ3n) is 4.02. The Kier molecular flexibility index (Phi) is 4.35. The topological polar surface area (TPSA) is 117 Å². The summed E-state index contributed by atoms with van der Waals surface area (Å²) in [5, 5.41) is 24.0. The average Bonchev–Trinajstić information content (AvgIpc) is 3.33. The highest BCUT2D eigenvalue weighted by Crippen LogP contribution is 2.24. The zero-order valence-electron chi connectivity index (χ0n) is 13.9. The molecule has 2 aromatic heterocycles. The highest BCUT2D eigenvalue weighted by atomic mass is 19.1. The smallest absolute Gasteiger partial charge is 0.251 e. The van der Waals surface area contributed by atoms with E-state index in [4.69, 9.17) is 4.52 Å². The first-order valence-corrected chi connectivity index (χ1v) is 8.10. The van der Waals surface area contributed by atoms with Crippen LogP contribution in [-0.2, 0) is 0 Å². The summed E-state index contributed by atoms with van der Waals surface area (Å²) < 4.78 is 18.2. The fourth-order valence-corrected chi connectivity index (χ4v) is 2.64. The second kappa shape index (κ2) is 6.96. The van der Waals surface area contributed by atoms with E-state index < -0.39 is 24.4 Å². The van der Waals surface area contributed by atoms with Gasteiger partial charge in [0.2, 0.25) is 5.82 Å². The first kappa shape index (κ1) is 16.9. The average molecular weight is 367 g/mol. The number of rotatable bonds is 5. The zero-order chi connectivity index (χ0) is 18.8. The normalized spacial score (nSPS) is 12.2. The molecule has 4 rings (SSSR count). The van der Waals surface area contributed by atoms with E-state index in [1.54, 1.807) is 0 Å². The maximum Gasteiger partial charge on any atom is 0.251 e. The summed E-state index contributed by atoms with van der Waals surface area (Å²) in [7, 11) is 0. The van der Waals surface area contributed by atoms with Crippen molar-refractivity contribution < 1.29 is 18.8 Å². The molecule has 2 aromatic carbocycles. The molecule has 9 heteroatoms. The van der Waals surface area contributed by atoms with Gasteiger partial charge in [0.15, 0.2) is 0 Å². The molecule has 0 bridgehead atoms. The SMILES string of the molecule is O=C(N[C@@H](CO)c1nc(-c2n[nH]c3ccccc23)no1)c1ccc(F)cc1. The molecule has 0 aliphatic heterocycles. The lowest BCUT2D eigenvalue weighted by Gasteiger charge is -2.12. The number of nitrogens with one attached hydrogen (secondary N) is 2. The van der Waals surface area contributed by atoms with Crippen LogP contribution in [0, 0.1) is 5.82 Å². The van der Waals surface area contributed by atoms with Crippen molar-refractivity contribution in [1.82, 2.24) is 25.7 Å². The molecule has 0 fully saturated rings. The number of aromatic nitrogens is 4. The molecule has 0 spiro atoms. The lowest BCUT2D eigenvalue weighted by Crippen LogP contribution is -2.31. The van der Waals surface area contributed by atoms with Crippen LogP contribution in [0.1, 0.15) is 22.3 Å². The van der Waals surface area contributed by atoms with Crippen LogP contribution in [0.15, 0.2) is 53.1 Å². The molecule has 27 heavy (non-hydrogen) atoms. The predicted molar refractivity (Wildman–Crippen MR) is 93.1 cm³/mol. The molecule has 1 atom stereocenters. The zero-order valence-corrected chi connectivity index (χ0v) is 13.9. The molecule has 0 radical (unpaired) electrons. The number of carbonyl (C=O) groups is 1. The van der Waals surface area contributed by atoms with Gasteiger partial charge in [0.1, 0.15) is 17.6 Å². The van der Waals surface area contributed by atoms with Gasteiger partial charge in [-0.1, -0.05) is 23.4 Å². The summed E-state index contributed by atoms with van der Waals surface area (Å²) >= 11 is 0. The molecule has 8 nitrogen and oxygen atoms in total. The molecular formula is C18H14FN5O3. The first-order chi connectivity index (χ1) is 13.2. The Morgan fingerprint density at radius 3 is 2.78 bits per heavy atom. The van der Waals surface area contributed by atoms with Gasteiger partial charge < -0.3 is 14.9 Å². The number of fused-ring (bicyclic) bond motifs is 1. The van der Waals surface area contributed by atoms with Crippen molar-refractivity contribution in [2.45, 2.75) is 6.04 Å². The maximum absolute atomic E-state index is 13.0. The lowest BCUT2D eigenvalue weighted by atomic mass is 10.2. The van der Waals surface area contributed by atoms with Gasteiger partial charge in [-0.15, -0.1) is 0 Å². The van der Waals surface area contributed by atoms with Crippen molar-refractivity contribution in [2.75, 3.05) is 6.61 Å². The van der Waals surface area contributed by atoms with E-state index in [-0.39, 0.29) is 17.3 Å². The Bertz CT molecular complexity index is 1090. The van der Waals surface area contributed by atoms with E-state index in [1.165, 1.54) is 24.3 Å². The number of H-pyrrole nitrogens is 1. The Morgan fingerprint density at radius 1 is 1.22 bits per heavy atom. The largest absolute Gasteiger partial charge is 0.394 e. The number of halogens is 1. The Morgan fingerprint density at radius 2 is 2.00 bits per heavy atom. The van der Waals surface area contributed by atoms with Gasteiger partial charge in [0.25, 0.3) is 11.8 Å². The van der Waals surface area contributed by atoms with Crippen molar-refractivity contribution in [3.63, 3.8) is 0 Å². The van der Waals surface area contributed by atoms with Crippen molar-refractivity contribution in [3.8, 4) is 11.5 Å². The monoisotopic (exact) mass is 367 g/mol. The summed E-state index contributed by atoms with van der Waals surface area (Å²) in [5.41, 5.74) is 1.57. The van der Waals surface area contributed by atoms with Gasteiger partial charge in [-0.3, -0.25) is 9.89 Å².